The van der Waals surface area contributed by atoms with E-state index in [1.807, 2.05) is 31.5 Å². The number of aliphatic hydroxyl groups is 1. The number of aliphatic imine (C=N–C) groups is 1. The molecule has 11 heteroatoms. The Kier molecular flexibility index (Phi) is 7.95. The van der Waals surface area contributed by atoms with Crippen LogP contribution in [0.5, 0.6) is 6.01 Å². The number of hydrogen-bond acceptors (Lipinski definition) is 9. The van der Waals surface area contributed by atoms with E-state index in [0.29, 0.717) is 57.1 Å². The fourth-order valence-corrected chi connectivity index (χ4v) is 9.81. The van der Waals surface area contributed by atoms with Crippen LogP contribution in [0.4, 0.5) is 14.6 Å². The number of ether oxygens (including phenoxy) is 2. The molecule has 0 radical (unpaired) electrons. The number of halogens is 2. The lowest BCUT2D eigenvalue weighted by Gasteiger charge is -2.32. The van der Waals surface area contributed by atoms with Gasteiger partial charge in [-0.05, 0) is 97.7 Å². The van der Waals surface area contributed by atoms with Gasteiger partial charge in [0.15, 0.2) is 0 Å². The van der Waals surface area contributed by atoms with Gasteiger partial charge in [-0.2, -0.15) is 9.97 Å². The molecular formula is C41H46F2N6O3. The molecule has 0 amide bonds. The summed E-state index contributed by atoms with van der Waals surface area (Å²) in [7, 11) is 1.76. The van der Waals surface area contributed by atoms with Gasteiger partial charge in [0.1, 0.15) is 30.0 Å². The van der Waals surface area contributed by atoms with E-state index in [-0.39, 0.29) is 24.0 Å². The molecule has 0 unspecified atom stereocenters. The number of rotatable bonds is 7. The van der Waals surface area contributed by atoms with Gasteiger partial charge in [0, 0.05) is 61.1 Å². The van der Waals surface area contributed by atoms with Crippen LogP contribution in [0.3, 0.4) is 0 Å². The molecule has 1 spiro atoms. The third-order valence-electron chi connectivity index (χ3n) is 12.2. The summed E-state index contributed by atoms with van der Waals surface area (Å²) in [6.07, 6.45) is 7.44. The Labute approximate surface area is 303 Å². The molecule has 1 N–H and O–H groups in total. The van der Waals surface area contributed by atoms with Crippen molar-refractivity contribution in [3.05, 3.63) is 64.2 Å². The van der Waals surface area contributed by atoms with Gasteiger partial charge < -0.3 is 19.5 Å². The van der Waals surface area contributed by atoms with Gasteiger partial charge in [0.25, 0.3) is 0 Å². The summed E-state index contributed by atoms with van der Waals surface area (Å²) in [5, 5.41) is 13.1. The number of nitrogens with zero attached hydrogens (tertiary/aromatic N) is 6. The van der Waals surface area contributed by atoms with Crippen molar-refractivity contribution in [1.82, 2.24) is 19.9 Å². The standard InChI is InChI=1S/C41H46F2N6O3/c1-5-27-30(43)8-7-25-17-24(2)29(19-44-4)32(31(25)27)35-34-28(9-13-45-35)33-36(41(34)11-12-41)46-38(47-37(33)48-15-16-51-22-39(3,50)21-48)52-23-40-10-6-14-49(40)20-26(42)18-40/h7-9,13,17,19,26,50H,5-6,10-12,14-16,18,20-23H2,1-4H3/t26-,39+,40+/m1/s1. The van der Waals surface area contributed by atoms with E-state index in [9.17, 15) is 9.50 Å². The number of anilines is 1. The highest BCUT2D eigenvalue weighted by molar-refractivity contribution is 6.09. The number of hydrogen-bond donors (Lipinski definition) is 1. The SMILES string of the molecule is CCc1c(F)ccc2cc(C)c(C=NC)c(-c3nccc4c3C3(CC3)c3nc(OC[C@@]56CCCN5C[C@H](F)C6)nc(N5CCOC[C@@](C)(O)C5)c3-4)c12. The maximum Gasteiger partial charge on any atom is 0.318 e. The van der Waals surface area contributed by atoms with E-state index in [2.05, 4.69) is 27.8 Å². The van der Waals surface area contributed by atoms with Crippen molar-refractivity contribution in [3.8, 4) is 28.4 Å². The first-order valence-electron chi connectivity index (χ1n) is 18.7. The summed E-state index contributed by atoms with van der Waals surface area (Å²) >= 11 is 0. The van der Waals surface area contributed by atoms with Gasteiger partial charge in [-0.1, -0.05) is 19.1 Å². The van der Waals surface area contributed by atoms with E-state index in [0.717, 1.165) is 87.8 Å². The van der Waals surface area contributed by atoms with Crippen molar-refractivity contribution in [3.63, 3.8) is 0 Å². The molecule has 1 saturated carbocycles. The number of pyridine rings is 1. The Hall–Kier alpha value is -4.06. The van der Waals surface area contributed by atoms with Crippen molar-refractivity contribution < 1.29 is 23.4 Å². The maximum absolute atomic E-state index is 15.6. The molecule has 52 heavy (non-hydrogen) atoms. The lowest BCUT2D eigenvalue weighted by atomic mass is 9.84. The fourth-order valence-electron chi connectivity index (χ4n) is 9.81. The molecular weight excluding hydrogens is 662 g/mol. The average Bonchev–Trinajstić information content (AvgIpc) is 3.70. The topological polar surface area (TPSA) is 96.2 Å². The molecule has 3 atom stereocenters. The summed E-state index contributed by atoms with van der Waals surface area (Å²) in [6.45, 7) is 8.97. The van der Waals surface area contributed by atoms with Crippen LogP contribution in [0, 0.1) is 12.7 Å². The van der Waals surface area contributed by atoms with Crippen LogP contribution in [-0.4, -0.2) is 102 Å². The average molecular weight is 709 g/mol. The lowest BCUT2D eigenvalue weighted by molar-refractivity contribution is -0.0123. The zero-order chi connectivity index (χ0) is 36.0. The van der Waals surface area contributed by atoms with Crippen LogP contribution >= 0.6 is 0 Å². The summed E-state index contributed by atoms with van der Waals surface area (Å²) < 4.78 is 42.7. The van der Waals surface area contributed by atoms with Crippen LogP contribution in [0.2, 0.25) is 0 Å². The second-order valence-corrected chi connectivity index (χ2v) is 15.9. The van der Waals surface area contributed by atoms with Gasteiger partial charge in [0.05, 0.1) is 36.7 Å². The summed E-state index contributed by atoms with van der Waals surface area (Å²) in [5.74, 6) is 0.455. The zero-order valence-electron chi connectivity index (χ0n) is 30.4. The van der Waals surface area contributed by atoms with Crippen molar-refractivity contribution in [2.45, 2.75) is 82.0 Å². The summed E-state index contributed by atoms with van der Waals surface area (Å²) in [6, 6.07) is 7.85. The number of aryl methyl sites for hydroxylation is 2. The molecule has 3 saturated heterocycles. The quantitative estimate of drug-likeness (QED) is 0.222. The molecule has 5 aliphatic rings. The molecule has 5 heterocycles. The Bertz CT molecular complexity index is 2130. The fraction of sp³-hybridized carbons (Fsp3) is 0.512. The van der Waals surface area contributed by atoms with E-state index >= 15 is 4.39 Å². The lowest BCUT2D eigenvalue weighted by Crippen LogP contribution is -2.44. The smallest absolute Gasteiger partial charge is 0.318 e. The van der Waals surface area contributed by atoms with Crippen LogP contribution in [0.25, 0.3) is 33.2 Å². The molecule has 2 aliphatic carbocycles. The predicted octanol–water partition coefficient (Wildman–Crippen LogP) is 6.35. The highest BCUT2D eigenvalue weighted by Crippen LogP contribution is 2.65. The van der Waals surface area contributed by atoms with Gasteiger partial charge in [-0.3, -0.25) is 14.9 Å². The number of β-amino-alcohol motifs (C(OH)–C–C–N with tert-alkyl or cyclic N) is 1. The monoisotopic (exact) mass is 708 g/mol. The van der Waals surface area contributed by atoms with Gasteiger partial charge in [-0.25, -0.2) is 8.78 Å². The Morgan fingerprint density at radius 2 is 2.00 bits per heavy atom. The van der Waals surface area contributed by atoms with Gasteiger partial charge >= 0.3 is 6.01 Å². The molecule has 4 aromatic rings. The highest BCUT2D eigenvalue weighted by atomic mass is 19.1. The predicted molar refractivity (Wildman–Crippen MR) is 198 cm³/mol. The van der Waals surface area contributed by atoms with Crippen LogP contribution < -0.4 is 9.64 Å². The van der Waals surface area contributed by atoms with E-state index in [1.165, 1.54) is 0 Å². The van der Waals surface area contributed by atoms with Crippen LogP contribution in [0.15, 0.2) is 35.5 Å². The molecule has 272 valence electrons. The molecule has 9 nitrogen and oxygen atoms in total. The summed E-state index contributed by atoms with van der Waals surface area (Å²) in [5.41, 5.74) is 6.26. The van der Waals surface area contributed by atoms with Crippen LogP contribution in [0.1, 0.15) is 73.9 Å². The highest BCUT2D eigenvalue weighted by Gasteiger charge is 2.57. The minimum Gasteiger partial charge on any atom is -0.461 e. The van der Waals surface area contributed by atoms with Crippen molar-refractivity contribution in [2.24, 2.45) is 4.99 Å². The third kappa shape index (κ3) is 5.17. The van der Waals surface area contributed by atoms with E-state index < -0.39 is 17.2 Å². The van der Waals surface area contributed by atoms with Gasteiger partial charge in [-0.15, -0.1) is 0 Å². The maximum atomic E-state index is 15.6. The first-order valence-corrected chi connectivity index (χ1v) is 18.7. The second kappa shape index (κ2) is 12.2. The number of alkyl halides is 1. The van der Waals surface area contributed by atoms with Gasteiger partial charge in [0.2, 0.25) is 0 Å². The molecule has 3 aliphatic heterocycles. The number of benzene rings is 2. The molecule has 0 bridgehead atoms. The number of aromatic nitrogens is 3. The van der Waals surface area contributed by atoms with Crippen molar-refractivity contribution >= 4 is 22.8 Å². The van der Waals surface area contributed by atoms with Crippen molar-refractivity contribution in [1.29, 1.82) is 0 Å². The molecule has 4 fully saturated rings. The first kappa shape index (κ1) is 33.8. The third-order valence-corrected chi connectivity index (χ3v) is 12.2. The van der Waals surface area contributed by atoms with E-state index in [1.54, 1.807) is 20.0 Å². The largest absolute Gasteiger partial charge is 0.461 e. The Morgan fingerprint density at radius 1 is 1.15 bits per heavy atom. The molecule has 9 rings (SSSR count). The van der Waals surface area contributed by atoms with Crippen molar-refractivity contribution in [2.75, 3.05) is 57.9 Å². The first-order chi connectivity index (χ1) is 25.1. The normalized spacial score (nSPS) is 26.3. The Balaban J connectivity index is 1.26. The minimum atomic E-state index is -1.10. The molecule has 2 aromatic heterocycles. The number of fused-ring (bicyclic) bond motifs is 7. The second-order valence-electron chi connectivity index (χ2n) is 15.9. The summed E-state index contributed by atoms with van der Waals surface area (Å²) in [4.78, 5) is 24.3. The van der Waals surface area contributed by atoms with Crippen LogP contribution in [-0.2, 0) is 16.6 Å². The Morgan fingerprint density at radius 3 is 2.79 bits per heavy atom. The minimum absolute atomic E-state index is 0.218. The molecule has 2 aromatic carbocycles. The zero-order valence-corrected chi connectivity index (χ0v) is 30.4. The van der Waals surface area contributed by atoms with E-state index in [4.69, 9.17) is 24.4 Å².